The molecule has 0 radical (unpaired) electrons. The molecule has 3 rings (SSSR count). The molecule has 1 aliphatic carbocycles. The number of aryl methyl sites for hydroxylation is 1. The zero-order chi connectivity index (χ0) is 19.3. The minimum absolute atomic E-state index is 0.143. The first kappa shape index (κ1) is 20.2. The van der Waals surface area contributed by atoms with Gasteiger partial charge in [0.15, 0.2) is 11.2 Å². The van der Waals surface area contributed by atoms with Crippen molar-refractivity contribution in [1.82, 2.24) is 19.9 Å². The first-order valence-corrected chi connectivity index (χ1v) is 10.8. The summed E-state index contributed by atoms with van der Waals surface area (Å²) in [4.78, 5) is 17.7. The zero-order valence-electron chi connectivity index (χ0n) is 15.2. The van der Waals surface area contributed by atoms with Gasteiger partial charge in [-0.05, 0) is 19.3 Å². The van der Waals surface area contributed by atoms with E-state index in [1.54, 1.807) is 6.20 Å². The number of fused-ring (bicyclic) bond motifs is 1. The lowest BCUT2D eigenvalue weighted by Crippen LogP contribution is -2.30. The van der Waals surface area contributed by atoms with Crippen LogP contribution in [0, 0.1) is 0 Å². The van der Waals surface area contributed by atoms with E-state index < -0.39 is 0 Å². The van der Waals surface area contributed by atoms with Crippen LogP contribution in [0.2, 0.25) is 0 Å². The number of nitrogens with two attached hydrogens (primary N) is 1. The van der Waals surface area contributed by atoms with Gasteiger partial charge in [-0.1, -0.05) is 75.9 Å². The molecule has 144 valence electrons. The summed E-state index contributed by atoms with van der Waals surface area (Å²) in [6, 6.07) is 0. The number of allylic oxidation sites excluding steroid dienone is 4. The molecule has 2 N–H and O–H groups in total. The van der Waals surface area contributed by atoms with Gasteiger partial charge in [-0.3, -0.25) is 0 Å². The molecular weight excluding hydrogens is 474 g/mol. The van der Waals surface area contributed by atoms with E-state index in [-0.39, 0.29) is 15.1 Å². The Hall–Kier alpha value is -1.54. The van der Waals surface area contributed by atoms with Gasteiger partial charge in [0.1, 0.15) is 0 Å². The number of hydrogen-bond acceptors (Lipinski definition) is 6. The molecule has 0 spiro atoms. The van der Waals surface area contributed by atoms with Crippen LogP contribution in [0.1, 0.15) is 38.3 Å². The van der Waals surface area contributed by atoms with Gasteiger partial charge in [0.05, 0.1) is 27.6 Å². The van der Waals surface area contributed by atoms with E-state index in [1.165, 1.54) is 0 Å². The number of nitrogen functional groups attached to an aromatic ring is 1. The molecule has 2 aromatic heterocycles. The van der Waals surface area contributed by atoms with Crippen LogP contribution >= 0.6 is 31.9 Å². The molecule has 2 atom stereocenters. The highest BCUT2D eigenvalue weighted by Gasteiger charge is 2.31. The summed E-state index contributed by atoms with van der Waals surface area (Å²) in [7, 11) is 0. The summed E-state index contributed by atoms with van der Waals surface area (Å²) >= 11 is 7.55. The van der Waals surface area contributed by atoms with Crippen molar-refractivity contribution in [2.24, 2.45) is 0 Å². The Morgan fingerprint density at radius 1 is 1.22 bits per heavy atom. The summed E-state index contributed by atoms with van der Waals surface area (Å²) in [6.45, 7) is 2.74. The average molecular weight is 497 g/mol. The van der Waals surface area contributed by atoms with Crippen LogP contribution in [0.15, 0.2) is 30.5 Å². The van der Waals surface area contributed by atoms with E-state index >= 15 is 0 Å². The summed E-state index contributed by atoms with van der Waals surface area (Å²) in [5.74, 6) is 0.561. The van der Waals surface area contributed by atoms with Crippen molar-refractivity contribution in [3.8, 4) is 5.88 Å². The van der Waals surface area contributed by atoms with Crippen molar-refractivity contribution < 1.29 is 4.74 Å². The minimum atomic E-state index is -0.143. The molecule has 1 aliphatic rings. The second kappa shape index (κ2) is 9.10. The van der Waals surface area contributed by atoms with E-state index in [1.807, 2.05) is 6.08 Å². The number of aromatic nitrogens is 4. The second-order valence-corrected chi connectivity index (χ2v) is 9.01. The second-order valence-electron chi connectivity index (χ2n) is 6.55. The average Bonchev–Trinajstić information content (AvgIpc) is 2.66. The monoisotopic (exact) mass is 495 g/mol. The molecule has 8 heteroatoms. The third-order valence-corrected chi connectivity index (χ3v) is 7.31. The fraction of sp³-hybridized carbons (Fsp3) is 0.474. The summed E-state index contributed by atoms with van der Waals surface area (Å²) in [5.41, 5.74) is 7.69. The number of ether oxygens (including phenoxy) is 1. The number of halogens is 2. The van der Waals surface area contributed by atoms with Crippen LogP contribution in [0.5, 0.6) is 5.88 Å². The number of anilines is 1. The van der Waals surface area contributed by atoms with Gasteiger partial charge in [0.2, 0.25) is 11.8 Å². The largest absolute Gasteiger partial charge is 0.476 e. The third kappa shape index (κ3) is 5.04. The molecule has 0 aliphatic heterocycles. The highest BCUT2D eigenvalue weighted by molar-refractivity contribution is 9.12. The summed E-state index contributed by atoms with van der Waals surface area (Å²) in [6.07, 6.45) is 15.0. The van der Waals surface area contributed by atoms with Crippen molar-refractivity contribution >= 4 is 49.0 Å². The lowest BCUT2D eigenvalue weighted by atomic mass is 9.94. The van der Waals surface area contributed by atoms with Crippen LogP contribution in [0.4, 0.5) is 5.95 Å². The van der Waals surface area contributed by atoms with Crippen LogP contribution in [0.3, 0.4) is 0 Å². The van der Waals surface area contributed by atoms with E-state index in [0.717, 1.165) is 37.8 Å². The van der Waals surface area contributed by atoms with E-state index in [4.69, 9.17) is 15.5 Å². The molecule has 0 bridgehead atoms. The molecule has 0 aromatic carbocycles. The molecule has 0 fully saturated rings. The molecule has 2 unspecified atom stereocenters. The van der Waals surface area contributed by atoms with Gasteiger partial charge in [0, 0.05) is 0 Å². The predicted octanol–water partition coefficient (Wildman–Crippen LogP) is 4.53. The molecule has 6 nitrogen and oxygen atoms in total. The molecular formula is C19H23Br2N5O. The maximum atomic E-state index is 5.82. The van der Waals surface area contributed by atoms with Gasteiger partial charge in [-0.15, -0.1) is 0 Å². The molecule has 27 heavy (non-hydrogen) atoms. The first-order valence-electron chi connectivity index (χ1n) is 9.13. The summed E-state index contributed by atoms with van der Waals surface area (Å²) in [5, 5.41) is 0. The lowest BCUT2D eigenvalue weighted by Gasteiger charge is -2.29. The Kier molecular flexibility index (Phi) is 6.81. The Balaban J connectivity index is 1.78. The summed E-state index contributed by atoms with van der Waals surface area (Å²) < 4.78 is 5.67. The quantitative estimate of drug-likeness (QED) is 0.426. The van der Waals surface area contributed by atoms with E-state index in [2.05, 4.69) is 72.0 Å². The van der Waals surface area contributed by atoms with Crippen molar-refractivity contribution in [2.45, 2.75) is 48.2 Å². The van der Waals surface area contributed by atoms with Crippen LogP contribution < -0.4 is 10.5 Å². The van der Waals surface area contributed by atoms with Crippen molar-refractivity contribution in [2.75, 3.05) is 12.3 Å². The van der Waals surface area contributed by atoms with Crippen LogP contribution in [0.25, 0.3) is 11.2 Å². The normalized spacial score (nSPS) is 21.7. The SMILES string of the molecule is CCCCCOc1nc(N)nc2ncc(CCC3(Br)C=CC=CC3Br)nc12. The zero-order valence-corrected chi connectivity index (χ0v) is 18.4. The third-order valence-electron chi connectivity index (χ3n) is 4.42. The first-order chi connectivity index (χ1) is 13.0. The number of rotatable bonds is 8. The number of hydrogen-bond donors (Lipinski definition) is 1. The van der Waals surface area contributed by atoms with Crippen molar-refractivity contribution in [1.29, 1.82) is 0 Å². The maximum absolute atomic E-state index is 5.82. The predicted molar refractivity (Wildman–Crippen MR) is 116 cm³/mol. The molecule has 0 saturated heterocycles. The smallest absolute Gasteiger partial charge is 0.247 e. The fourth-order valence-corrected chi connectivity index (χ4v) is 3.91. The Bertz CT molecular complexity index is 857. The Morgan fingerprint density at radius 2 is 2.07 bits per heavy atom. The molecule has 0 amide bonds. The number of nitrogens with zero attached hydrogens (tertiary/aromatic N) is 4. The highest BCUT2D eigenvalue weighted by Crippen LogP contribution is 2.37. The molecule has 2 aromatic rings. The van der Waals surface area contributed by atoms with Gasteiger partial charge >= 0.3 is 0 Å². The van der Waals surface area contributed by atoms with Crippen LogP contribution in [-0.4, -0.2) is 35.7 Å². The van der Waals surface area contributed by atoms with Gasteiger partial charge in [-0.2, -0.15) is 9.97 Å². The number of alkyl halides is 2. The van der Waals surface area contributed by atoms with Gasteiger partial charge < -0.3 is 10.5 Å². The lowest BCUT2D eigenvalue weighted by molar-refractivity contribution is 0.298. The fourth-order valence-electron chi connectivity index (χ4n) is 2.85. The van der Waals surface area contributed by atoms with Crippen LogP contribution in [-0.2, 0) is 6.42 Å². The van der Waals surface area contributed by atoms with Crippen molar-refractivity contribution in [3.05, 3.63) is 36.2 Å². The topological polar surface area (TPSA) is 86.8 Å². The van der Waals surface area contributed by atoms with Gasteiger partial charge in [0.25, 0.3) is 0 Å². The maximum Gasteiger partial charge on any atom is 0.247 e. The Labute approximate surface area is 176 Å². The van der Waals surface area contributed by atoms with E-state index in [9.17, 15) is 0 Å². The highest BCUT2D eigenvalue weighted by atomic mass is 79.9. The standard InChI is InChI=1S/C19H23Br2N5O/c1-2-3-6-11-27-17-15-16(25-18(22)26-17)23-12-13(24-15)8-10-19(21)9-5-4-7-14(19)20/h4-5,7,9,12,14H,2-3,6,8,10-11H2,1H3,(H2,22,23,25,26). The van der Waals surface area contributed by atoms with E-state index in [0.29, 0.717) is 23.7 Å². The van der Waals surface area contributed by atoms with Crippen molar-refractivity contribution in [3.63, 3.8) is 0 Å². The molecule has 2 heterocycles. The minimum Gasteiger partial charge on any atom is -0.476 e. The Morgan fingerprint density at radius 3 is 2.85 bits per heavy atom. The molecule has 0 saturated carbocycles. The van der Waals surface area contributed by atoms with Gasteiger partial charge in [-0.25, -0.2) is 9.97 Å². The number of unbranched alkanes of at least 4 members (excludes halogenated alkanes) is 2.